The summed E-state index contributed by atoms with van der Waals surface area (Å²) in [6.45, 7) is 33.0. The fraction of sp³-hybridized carbons (Fsp3) is 0.794. The fourth-order valence-corrected chi connectivity index (χ4v) is 2.90. The summed E-state index contributed by atoms with van der Waals surface area (Å²) in [5.74, 6) is 2.56. The Morgan fingerprint density at radius 3 is 1.71 bits per heavy atom. The molecule has 0 spiro atoms. The minimum atomic E-state index is 0.765. The first kappa shape index (κ1) is 41.0. The van der Waals surface area contributed by atoms with Crippen molar-refractivity contribution in [1.82, 2.24) is 0 Å². The molecule has 0 aliphatic heterocycles. The van der Waals surface area contributed by atoms with Gasteiger partial charge in [-0.3, -0.25) is 4.99 Å². The molecule has 1 fully saturated rings. The number of unbranched alkanes of at least 4 members (excludes halogenated alkanes) is 2. The average molecular weight is 492 g/mol. The largest absolute Gasteiger partial charge is 0.293 e. The Balaban J connectivity index is -0.000000185. The van der Waals surface area contributed by atoms with Gasteiger partial charge in [-0.2, -0.15) is 0 Å². The smallest absolute Gasteiger partial charge is 0.0361 e. The molecule has 0 bridgehead atoms. The number of aliphatic imine (C=N–C) groups is 1. The van der Waals surface area contributed by atoms with Gasteiger partial charge in [-0.15, -0.1) is 0 Å². The van der Waals surface area contributed by atoms with E-state index >= 15 is 0 Å². The first-order chi connectivity index (χ1) is 16.6. The summed E-state index contributed by atoms with van der Waals surface area (Å²) >= 11 is 0. The highest BCUT2D eigenvalue weighted by Gasteiger charge is 2.25. The van der Waals surface area contributed by atoms with E-state index in [9.17, 15) is 0 Å². The zero-order chi connectivity index (χ0) is 28.1. The molecule has 0 amide bonds. The Kier molecular flexibility index (Phi) is 38.6. The van der Waals surface area contributed by atoms with Crippen molar-refractivity contribution in [3.8, 4) is 0 Å². The lowest BCUT2D eigenvalue weighted by molar-refractivity contribution is 0.509. The van der Waals surface area contributed by atoms with Gasteiger partial charge in [0.15, 0.2) is 0 Å². The summed E-state index contributed by atoms with van der Waals surface area (Å²) < 4.78 is 0. The molecule has 0 saturated heterocycles. The molecule has 1 heteroatoms. The van der Waals surface area contributed by atoms with Crippen molar-refractivity contribution >= 4 is 6.21 Å². The topological polar surface area (TPSA) is 12.4 Å². The predicted octanol–water partition coefficient (Wildman–Crippen LogP) is 12.4. The molecular weight excluding hydrogens is 422 g/mol. The van der Waals surface area contributed by atoms with Crippen LogP contribution in [0, 0.1) is 17.8 Å². The molecule has 210 valence electrons. The molecule has 0 radical (unpaired) electrons. The summed E-state index contributed by atoms with van der Waals surface area (Å²) in [4.78, 5) is 4.27. The number of rotatable bonds is 12. The van der Waals surface area contributed by atoms with E-state index in [0.717, 1.165) is 30.7 Å². The zero-order valence-corrected chi connectivity index (χ0v) is 26.9. The molecule has 1 unspecified atom stereocenters. The predicted molar refractivity (Wildman–Crippen MR) is 169 cm³/mol. The van der Waals surface area contributed by atoms with Gasteiger partial charge in [0, 0.05) is 12.8 Å². The van der Waals surface area contributed by atoms with E-state index in [1.807, 2.05) is 13.8 Å². The minimum Gasteiger partial charge on any atom is -0.293 e. The third-order valence-corrected chi connectivity index (χ3v) is 5.61. The molecule has 1 aliphatic carbocycles. The standard InChI is InChI=1S/C10H17N.C10H18.C7H16.C5H12.C2H6/c1-4-11-7-10(8(2)3)9-5-6-9;1-5-10(4)8-6-7-9(2)3;1-4-6-7(3)5-2;1-3-5-4-2;1-2/h7,9H,4-6H2,1-3H3;6,8-9H,4-5,7H2,1-3H3;7H,4-6H2,1-3H3;3-5H2,1-2H3;1-2H3/b;8-6-;;;. The van der Waals surface area contributed by atoms with E-state index in [-0.39, 0.29) is 0 Å². The maximum Gasteiger partial charge on any atom is 0.0361 e. The lowest BCUT2D eigenvalue weighted by atomic mass is 10.0. The molecule has 1 aliphatic rings. The van der Waals surface area contributed by atoms with Crippen LogP contribution in [0.15, 0.2) is 40.4 Å². The van der Waals surface area contributed by atoms with E-state index in [2.05, 4.69) is 106 Å². The highest BCUT2D eigenvalue weighted by Crippen LogP contribution is 2.36. The van der Waals surface area contributed by atoms with E-state index in [4.69, 9.17) is 0 Å². The second kappa shape index (κ2) is 32.9. The summed E-state index contributed by atoms with van der Waals surface area (Å²) in [6.07, 6.45) is 19.5. The number of hydrogen-bond acceptors (Lipinski definition) is 1. The molecule has 35 heavy (non-hydrogen) atoms. The maximum atomic E-state index is 4.27. The third-order valence-electron chi connectivity index (χ3n) is 5.61. The molecule has 1 atom stereocenters. The van der Waals surface area contributed by atoms with E-state index in [1.54, 1.807) is 0 Å². The Bertz CT molecular complexity index is 497. The van der Waals surface area contributed by atoms with E-state index < -0.39 is 0 Å². The van der Waals surface area contributed by atoms with Crippen LogP contribution in [0.5, 0.6) is 0 Å². The first-order valence-corrected chi connectivity index (χ1v) is 15.2. The normalized spacial score (nSPS) is 12.9. The molecular formula is C34H69N. The molecule has 0 heterocycles. The van der Waals surface area contributed by atoms with E-state index in [1.165, 1.54) is 74.5 Å². The van der Waals surface area contributed by atoms with E-state index in [0.29, 0.717) is 0 Å². The van der Waals surface area contributed by atoms with Gasteiger partial charge in [-0.05, 0) is 69.8 Å². The Morgan fingerprint density at radius 2 is 1.46 bits per heavy atom. The lowest BCUT2D eigenvalue weighted by Gasteiger charge is -2.02. The lowest BCUT2D eigenvalue weighted by Crippen LogP contribution is -1.91. The van der Waals surface area contributed by atoms with Crippen molar-refractivity contribution in [3.63, 3.8) is 0 Å². The fourth-order valence-electron chi connectivity index (χ4n) is 2.90. The number of allylic oxidation sites excluding steroid dienone is 5. The monoisotopic (exact) mass is 492 g/mol. The Morgan fingerprint density at radius 1 is 0.914 bits per heavy atom. The van der Waals surface area contributed by atoms with Crippen LogP contribution in [0.1, 0.15) is 154 Å². The maximum absolute atomic E-state index is 4.27. The van der Waals surface area contributed by atoms with Gasteiger partial charge in [0.1, 0.15) is 0 Å². The highest BCUT2D eigenvalue weighted by molar-refractivity contribution is 5.80. The number of hydrogen-bond donors (Lipinski definition) is 0. The summed E-state index contributed by atoms with van der Waals surface area (Å²) in [5, 5.41) is 0. The molecule has 0 aromatic rings. The van der Waals surface area contributed by atoms with Crippen LogP contribution in [0.4, 0.5) is 0 Å². The van der Waals surface area contributed by atoms with Crippen molar-refractivity contribution in [2.24, 2.45) is 22.7 Å². The van der Waals surface area contributed by atoms with Crippen molar-refractivity contribution in [2.75, 3.05) is 6.54 Å². The van der Waals surface area contributed by atoms with Crippen LogP contribution >= 0.6 is 0 Å². The molecule has 1 rings (SSSR count). The summed E-state index contributed by atoms with van der Waals surface area (Å²) in [7, 11) is 0. The van der Waals surface area contributed by atoms with Crippen LogP contribution in [-0.2, 0) is 0 Å². The SMILES string of the molecule is C=C(/C=C\CC(C)C)CC.CC.CCCC(C)CC.CCCCC.CCN=CC(=C(C)C)C1CC1. The highest BCUT2D eigenvalue weighted by atomic mass is 14.7. The molecule has 0 aromatic carbocycles. The van der Waals surface area contributed by atoms with Gasteiger partial charge < -0.3 is 0 Å². The van der Waals surface area contributed by atoms with Gasteiger partial charge >= 0.3 is 0 Å². The zero-order valence-electron chi connectivity index (χ0n) is 26.9. The molecule has 1 saturated carbocycles. The quantitative estimate of drug-likeness (QED) is 0.190. The molecule has 0 aromatic heterocycles. The third kappa shape index (κ3) is 37.6. The minimum absolute atomic E-state index is 0.765. The summed E-state index contributed by atoms with van der Waals surface area (Å²) in [6, 6.07) is 0. The Hall–Kier alpha value is -1.11. The van der Waals surface area contributed by atoms with Crippen LogP contribution in [0.2, 0.25) is 0 Å². The van der Waals surface area contributed by atoms with Crippen molar-refractivity contribution in [2.45, 2.75) is 154 Å². The van der Waals surface area contributed by atoms with Gasteiger partial charge in [-0.1, -0.05) is 138 Å². The first-order valence-electron chi connectivity index (χ1n) is 15.2. The summed E-state index contributed by atoms with van der Waals surface area (Å²) in [5.41, 5.74) is 4.14. The van der Waals surface area contributed by atoms with Gasteiger partial charge in [-0.25, -0.2) is 0 Å². The Labute approximate surface area is 225 Å². The second-order valence-electron chi connectivity index (χ2n) is 10.1. The van der Waals surface area contributed by atoms with Gasteiger partial charge in [0.05, 0.1) is 0 Å². The van der Waals surface area contributed by atoms with Crippen LogP contribution in [-0.4, -0.2) is 12.8 Å². The van der Waals surface area contributed by atoms with Crippen LogP contribution in [0.25, 0.3) is 0 Å². The van der Waals surface area contributed by atoms with Crippen LogP contribution < -0.4 is 0 Å². The van der Waals surface area contributed by atoms with Crippen molar-refractivity contribution in [1.29, 1.82) is 0 Å². The van der Waals surface area contributed by atoms with Gasteiger partial charge in [0.25, 0.3) is 0 Å². The van der Waals surface area contributed by atoms with Crippen LogP contribution in [0.3, 0.4) is 0 Å². The second-order valence-corrected chi connectivity index (χ2v) is 10.1. The van der Waals surface area contributed by atoms with Crippen molar-refractivity contribution in [3.05, 3.63) is 35.5 Å². The van der Waals surface area contributed by atoms with Crippen molar-refractivity contribution < 1.29 is 0 Å². The number of nitrogens with zero attached hydrogens (tertiary/aromatic N) is 1. The molecule has 0 N–H and O–H groups in total. The van der Waals surface area contributed by atoms with Gasteiger partial charge in [0.2, 0.25) is 0 Å². The average Bonchev–Trinajstić information content (AvgIpc) is 3.67. The molecule has 1 nitrogen and oxygen atoms in total.